The molecule has 4 rings (SSSR count). The van der Waals surface area contributed by atoms with E-state index in [1.54, 1.807) is 6.20 Å². The maximum atomic E-state index is 14.4. The molecule has 0 N–H and O–H groups in total. The van der Waals surface area contributed by atoms with Crippen molar-refractivity contribution >= 4 is 5.69 Å². The van der Waals surface area contributed by atoms with Crippen LogP contribution in [0.3, 0.4) is 0 Å². The normalized spacial score (nSPS) is 26.0. The van der Waals surface area contributed by atoms with Crippen molar-refractivity contribution in [3.63, 3.8) is 0 Å². The van der Waals surface area contributed by atoms with Crippen molar-refractivity contribution in [3.8, 4) is 0 Å². The summed E-state index contributed by atoms with van der Waals surface area (Å²) in [6.07, 6.45) is 8.68. The molecular weight excluding hydrogens is 282 g/mol. The molecule has 2 heterocycles. The van der Waals surface area contributed by atoms with Crippen LogP contribution in [0.1, 0.15) is 29.5 Å². The number of halogens is 2. The van der Waals surface area contributed by atoms with E-state index in [9.17, 15) is 8.78 Å². The van der Waals surface area contributed by atoms with Gasteiger partial charge in [0.15, 0.2) is 0 Å². The Labute approximate surface area is 128 Å². The van der Waals surface area contributed by atoms with Crippen molar-refractivity contribution in [3.05, 3.63) is 71.6 Å². The number of rotatable bonds is 1. The highest BCUT2D eigenvalue weighted by Crippen LogP contribution is 2.53. The largest absolute Gasteiger partial charge is 0.365 e. The van der Waals surface area contributed by atoms with Gasteiger partial charge in [-0.25, -0.2) is 8.78 Å². The molecule has 4 heteroatoms. The number of allylic oxidation sites excluding steroid dienone is 2. The average Bonchev–Trinajstić information content (AvgIpc) is 2.97. The molecule has 1 aliphatic carbocycles. The second kappa shape index (κ2) is 4.90. The van der Waals surface area contributed by atoms with Crippen LogP contribution in [-0.2, 0) is 0 Å². The van der Waals surface area contributed by atoms with E-state index in [-0.39, 0.29) is 17.9 Å². The summed E-state index contributed by atoms with van der Waals surface area (Å²) >= 11 is 0. The van der Waals surface area contributed by atoms with Crippen LogP contribution in [-0.4, -0.2) is 12.0 Å². The van der Waals surface area contributed by atoms with Crippen molar-refractivity contribution < 1.29 is 8.78 Å². The summed E-state index contributed by atoms with van der Waals surface area (Å²) in [6.45, 7) is 0. The van der Waals surface area contributed by atoms with Gasteiger partial charge in [-0.3, -0.25) is 4.98 Å². The summed E-state index contributed by atoms with van der Waals surface area (Å²) in [5.74, 6) is -0.668. The van der Waals surface area contributed by atoms with Crippen molar-refractivity contribution in [2.45, 2.75) is 18.4 Å². The minimum absolute atomic E-state index is 0.0427. The van der Waals surface area contributed by atoms with Gasteiger partial charge < -0.3 is 4.90 Å². The highest BCUT2D eigenvalue weighted by molar-refractivity contribution is 5.62. The highest BCUT2D eigenvalue weighted by atomic mass is 19.1. The lowest BCUT2D eigenvalue weighted by Gasteiger charge is -2.43. The first-order valence-electron chi connectivity index (χ1n) is 7.45. The Morgan fingerprint density at radius 1 is 1.27 bits per heavy atom. The third-order valence-electron chi connectivity index (χ3n) is 4.83. The number of pyridine rings is 1. The quantitative estimate of drug-likeness (QED) is 0.733. The van der Waals surface area contributed by atoms with E-state index in [0.29, 0.717) is 5.69 Å². The zero-order chi connectivity index (χ0) is 15.3. The fourth-order valence-corrected chi connectivity index (χ4v) is 3.99. The molecule has 112 valence electrons. The maximum absolute atomic E-state index is 14.4. The van der Waals surface area contributed by atoms with Gasteiger partial charge in [0.2, 0.25) is 0 Å². The van der Waals surface area contributed by atoms with Gasteiger partial charge in [0.25, 0.3) is 0 Å². The standard InChI is InChI=1S/C18H16F2N2/c1-22-17(11-4-3-7-21-10-11)14-6-2-5-13(14)15-8-12(19)9-16(20)18(15)22/h2-5,7-10,13-14,17H,6H2,1H3/t13-,14+,17+/m1/s1. The van der Waals surface area contributed by atoms with Crippen LogP contribution < -0.4 is 4.90 Å². The van der Waals surface area contributed by atoms with Gasteiger partial charge in [0.1, 0.15) is 11.6 Å². The number of hydrogen-bond donors (Lipinski definition) is 0. The van der Waals surface area contributed by atoms with Gasteiger partial charge in [0.05, 0.1) is 11.7 Å². The lowest BCUT2D eigenvalue weighted by atomic mass is 9.76. The molecule has 2 aliphatic rings. The fraction of sp³-hybridized carbons (Fsp3) is 0.278. The molecule has 2 aromatic rings. The summed E-state index contributed by atoms with van der Waals surface area (Å²) in [4.78, 5) is 6.14. The monoisotopic (exact) mass is 298 g/mol. The van der Waals surface area contributed by atoms with Crippen LogP contribution in [0, 0.1) is 17.6 Å². The lowest BCUT2D eigenvalue weighted by molar-refractivity contribution is 0.377. The summed E-state index contributed by atoms with van der Waals surface area (Å²) < 4.78 is 28.1. The molecule has 0 fully saturated rings. The minimum atomic E-state index is -0.511. The average molecular weight is 298 g/mol. The SMILES string of the molecule is CN1c2c(F)cc(F)cc2[C@@H]2C=CC[C@@H]2[C@@H]1c1cccnc1. The molecule has 22 heavy (non-hydrogen) atoms. The molecule has 0 spiro atoms. The van der Waals surface area contributed by atoms with E-state index >= 15 is 0 Å². The van der Waals surface area contributed by atoms with Crippen molar-refractivity contribution in [1.82, 2.24) is 4.98 Å². The Balaban J connectivity index is 1.91. The Morgan fingerprint density at radius 2 is 2.14 bits per heavy atom. The van der Waals surface area contributed by atoms with E-state index in [1.807, 2.05) is 30.3 Å². The molecule has 0 radical (unpaired) electrons. The van der Waals surface area contributed by atoms with Gasteiger partial charge in [-0.1, -0.05) is 18.2 Å². The molecule has 0 bridgehead atoms. The van der Waals surface area contributed by atoms with Crippen LogP contribution in [0.25, 0.3) is 0 Å². The number of nitrogens with zero attached hydrogens (tertiary/aromatic N) is 2. The maximum Gasteiger partial charge on any atom is 0.149 e. The Hall–Kier alpha value is -2.23. The van der Waals surface area contributed by atoms with Gasteiger partial charge in [-0.05, 0) is 35.6 Å². The Kier molecular flexibility index (Phi) is 2.99. The van der Waals surface area contributed by atoms with E-state index in [4.69, 9.17) is 0 Å². The number of aromatic nitrogens is 1. The number of hydrogen-bond acceptors (Lipinski definition) is 2. The number of anilines is 1. The predicted octanol–water partition coefficient (Wildman–Crippen LogP) is 4.21. The van der Waals surface area contributed by atoms with Crippen LogP contribution in [0.2, 0.25) is 0 Å². The van der Waals surface area contributed by atoms with Gasteiger partial charge in [-0.15, -0.1) is 0 Å². The Morgan fingerprint density at radius 3 is 2.91 bits per heavy atom. The Bertz CT molecular complexity index is 742. The van der Waals surface area contributed by atoms with Crippen LogP contribution in [0.5, 0.6) is 0 Å². The summed E-state index contributed by atoms with van der Waals surface area (Å²) in [6, 6.07) is 6.41. The van der Waals surface area contributed by atoms with E-state index < -0.39 is 11.6 Å². The van der Waals surface area contributed by atoms with Crippen LogP contribution in [0.15, 0.2) is 48.8 Å². The fourth-order valence-electron chi connectivity index (χ4n) is 3.99. The van der Waals surface area contributed by atoms with Crippen LogP contribution in [0.4, 0.5) is 14.5 Å². The predicted molar refractivity (Wildman–Crippen MR) is 81.7 cm³/mol. The molecule has 0 unspecified atom stereocenters. The van der Waals surface area contributed by atoms with Gasteiger partial charge >= 0.3 is 0 Å². The van der Waals surface area contributed by atoms with Crippen LogP contribution >= 0.6 is 0 Å². The lowest BCUT2D eigenvalue weighted by Crippen LogP contribution is -2.37. The molecule has 0 saturated heterocycles. The van der Waals surface area contributed by atoms with Gasteiger partial charge in [-0.2, -0.15) is 0 Å². The second-order valence-electron chi connectivity index (χ2n) is 6.02. The zero-order valence-electron chi connectivity index (χ0n) is 12.2. The molecule has 0 amide bonds. The topological polar surface area (TPSA) is 16.1 Å². The third-order valence-corrected chi connectivity index (χ3v) is 4.83. The smallest absolute Gasteiger partial charge is 0.149 e. The first kappa shape index (κ1) is 13.4. The van der Waals surface area contributed by atoms with Crippen molar-refractivity contribution in [1.29, 1.82) is 0 Å². The summed E-state index contributed by atoms with van der Waals surface area (Å²) in [5.41, 5.74) is 2.32. The van der Waals surface area contributed by atoms with Gasteiger partial charge in [0, 0.05) is 31.4 Å². The summed E-state index contributed by atoms with van der Waals surface area (Å²) in [5, 5.41) is 0. The first-order valence-corrected chi connectivity index (χ1v) is 7.45. The molecule has 1 aromatic carbocycles. The third kappa shape index (κ3) is 1.86. The minimum Gasteiger partial charge on any atom is -0.365 e. The molecule has 0 saturated carbocycles. The molecule has 1 aromatic heterocycles. The molecule has 3 atom stereocenters. The zero-order valence-corrected chi connectivity index (χ0v) is 12.2. The number of benzene rings is 1. The first-order chi connectivity index (χ1) is 10.7. The van der Waals surface area contributed by atoms with E-state index in [2.05, 4.69) is 17.1 Å². The highest BCUT2D eigenvalue weighted by Gasteiger charge is 2.42. The molecule has 2 nitrogen and oxygen atoms in total. The number of fused-ring (bicyclic) bond motifs is 3. The van der Waals surface area contributed by atoms with E-state index in [0.717, 1.165) is 23.6 Å². The molecular formula is C18H16F2N2. The molecule has 1 aliphatic heterocycles. The van der Waals surface area contributed by atoms with Crippen molar-refractivity contribution in [2.24, 2.45) is 5.92 Å². The summed E-state index contributed by atoms with van der Waals surface area (Å²) in [7, 11) is 1.88. The second-order valence-corrected chi connectivity index (χ2v) is 6.02. The van der Waals surface area contributed by atoms with Crippen molar-refractivity contribution in [2.75, 3.05) is 11.9 Å². The van der Waals surface area contributed by atoms with E-state index in [1.165, 1.54) is 6.07 Å².